The molecule has 0 unspecified atom stereocenters. The molecule has 5 nitrogen and oxygen atoms in total. The lowest BCUT2D eigenvalue weighted by atomic mass is 10.2. The van der Waals surface area contributed by atoms with E-state index in [1.807, 2.05) is 0 Å². The first-order valence-corrected chi connectivity index (χ1v) is 5.62. The van der Waals surface area contributed by atoms with Crippen molar-refractivity contribution in [1.82, 2.24) is 10.6 Å². The molecule has 5 heteroatoms. The molecule has 18 heavy (non-hydrogen) atoms. The van der Waals surface area contributed by atoms with Crippen LogP contribution in [0.3, 0.4) is 0 Å². The number of nitrogens with one attached hydrogen (secondary N) is 2. The van der Waals surface area contributed by atoms with Crippen LogP contribution in [0.4, 0.5) is 0 Å². The van der Waals surface area contributed by atoms with Crippen LogP contribution >= 0.6 is 0 Å². The Morgan fingerprint density at radius 1 is 1.50 bits per heavy atom. The van der Waals surface area contributed by atoms with Crippen LogP contribution in [0.25, 0.3) is 0 Å². The first-order chi connectivity index (χ1) is 8.71. The van der Waals surface area contributed by atoms with Gasteiger partial charge in [0, 0.05) is 25.7 Å². The highest BCUT2D eigenvalue weighted by Gasteiger charge is 2.04. The Labute approximate surface area is 107 Å². The second kappa shape index (κ2) is 7.21. The van der Waals surface area contributed by atoms with Crippen LogP contribution in [0.2, 0.25) is 0 Å². The average molecular weight is 249 g/mol. The lowest BCUT2D eigenvalue weighted by molar-refractivity contribution is 0.410. The second-order valence-corrected chi connectivity index (χ2v) is 3.59. The fraction of sp³-hybridized carbons (Fsp3) is 0.308. The van der Waals surface area contributed by atoms with Crippen molar-refractivity contribution in [2.24, 2.45) is 4.99 Å². The zero-order valence-corrected chi connectivity index (χ0v) is 10.7. The minimum atomic E-state index is 0.225. The Kier molecular flexibility index (Phi) is 5.57. The third-order valence-corrected chi connectivity index (χ3v) is 2.37. The summed E-state index contributed by atoms with van der Waals surface area (Å²) in [5.41, 5.74) is 0.746. The molecule has 1 rings (SSSR count). The van der Waals surface area contributed by atoms with E-state index in [0.29, 0.717) is 24.8 Å². The molecular weight excluding hydrogens is 230 g/mol. The van der Waals surface area contributed by atoms with Gasteiger partial charge in [-0.2, -0.15) is 0 Å². The van der Waals surface area contributed by atoms with Crippen LogP contribution in [0.15, 0.2) is 35.8 Å². The molecule has 0 aromatic heterocycles. The zero-order valence-electron chi connectivity index (χ0n) is 10.7. The van der Waals surface area contributed by atoms with E-state index < -0.39 is 0 Å². The average Bonchev–Trinajstić information content (AvgIpc) is 2.40. The number of phenolic OH excluding ortho intramolecular Hbond substituents is 1. The van der Waals surface area contributed by atoms with Gasteiger partial charge in [0.05, 0.1) is 7.11 Å². The number of guanidine groups is 1. The number of hydrogen-bond donors (Lipinski definition) is 3. The fourth-order valence-corrected chi connectivity index (χ4v) is 1.40. The number of phenols is 1. The quantitative estimate of drug-likeness (QED) is 0.417. The number of aromatic hydroxyl groups is 1. The van der Waals surface area contributed by atoms with Gasteiger partial charge in [-0.25, -0.2) is 0 Å². The van der Waals surface area contributed by atoms with Crippen LogP contribution in [0, 0.1) is 0 Å². The molecule has 1 aromatic rings. The van der Waals surface area contributed by atoms with Crippen molar-refractivity contribution in [3.05, 3.63) is 36.4 Å². The molecule has 0 fully saturated rings. The highest BCUT2D eigenvalue weighted by molar-refractivity contribution is 5.79. The van der Waals surface area contributed by atoms with Gasteiger partial charge < -0.3 is 20.5 Å². The molecule has 0 amide bonds. The smallest absolute Gasteiger partial charge is 0.191 e. The number of aliphatic imine (C=N–C) groups is 1. The van der Waals surface area contributed by atoms with Crippen molar-refractivity contribution in [2.75, 3.05) is 20.7 Å². The summed E-state index contributed by atoms with van der Waals surface area (Å²) in [6.45, 7) is 4.71. The fourth-order valence-electron chi connectivity index (χ4n) is 1.40. The van der Waals surface area contributed by atoms with Crippen LogP contribution in [-0.2, 0) is 6.54 Å². The van der Waals surface area contributed by atoms with Crippen molar-refractivity contribution in [1.29, 1.82) is 0 Å². The van der Waals surface area contributed by atoms with Gasteiger partial charge >= 0.3 is 0 Å². The molecule has 0 saturated heterocycles. The number of ether oxygens (including phenoxy) is 1. The summed E-state index contributed by atoms with van der Waals surface area (Å²) in [6.07, 6.45) is 1.75. The van der Waals surface area contributed by atoms with E-state index in [-0.39, 0.29) is 5.75 Å². The Morgan fingerprint density at radius 3 is 2.89 bits per heavy atom. The highest BCUT2D eigenvalue weighted by Crippen LogP contribution is 2.22. The molecule has 0 aliphatic heterocycles. The molecule has 0 heterocycles. The maximum Gasteiger partial charge on any atom is 0.191 e. The second-order valence-electron chi connectivity index (χ2n) is 3.59. The van der Waals surface area contributed by atoms with Crippen molar-refractivity contribution in [3.8, 4) is 11.5 Å². The number of rotatable bonds is 5. The number of methoxy groups -OCH3 is 1. The number of hydrogen-bond acceptors (Lipinski definition) is 3. The summed E-state index contributed by atoms with van der Waals surface area (Å²) in [6, 6.07) is 5.10. The first kappa shape index (κ1) is 13.9. The molecule has 0 bridgehead atoms. The number of benzene rings is 1. The Hall–Kier alpha value is -2.17. The van der Waals surface area contributed by atoms with Gasteiger partial charge in [-0.15, -0.1) is 6.58 Å². The molecule has 0 radical (unpaired) electrons. The molecule has 0 aliphatic carbocycles. The summed E-state index contributed by atoms with van der Waals surface area (Å²) in [5.74, 6) is 1.58. The van der Waals surface area contributed by atoms with E-state index in [0.717, 1.165) is 5.56 Å². The highest BCUT2D eigenvalue weighted by atomic mass is 16.5. The topological polar surface area (TPSA) is 65.9 Å². The summed E-state index contributed by atoms with van der Waals surface area (Å²) < 4.78 is 5.11. The van der Waals surface area contributed by atoms with Gasteiger partial charge in [-0.05, 0) is 18.2 Å². The van der Waals surface area contributed by atoms with Crippen LogP contribution < -0.4 is 15.4 Å². The van der Waals surface area contributed by atoms with E-state index >= 15 is 0 Å². The predicted octanol–water partition coefficient (Wildman–Crippen LogP) is 1.25. The van der Waals surface area contributed by atoms with Crippen molar-refractivity contribution in [3.63, 3.8) is 0 Å². The molecule has 0 aliphatic rings. The summed E-state index contributed by atoms with van der Waals surface area (Å²) >= 11 is 0. The molecule has 3 N–H and O–H groups in total. The van der Waals surface area contributed by atoms with Gasteiger partial charge in [-0.3, -0.25) is 4.99 Å². The van der Waals surface area contributed by atoms with Crippen molar-refractivity contribution in [2.45, 2.75) is 6.54 Å². The molecular formula is C13H19N3O2. The summed E-state index contributed by atoms with van der Waals surface area (Å²) in [4.78, 5) is 4.05. The first-order valence-electron chi connectivity index (χ1n) is 5.62. The van der Waals surface area contributed by atoms with E-state index in [9.17, 15) is 5.11 Å². The standard InChI is InChI=1S/C13H19N3O2/c1-4-7-15-13(14-2)16-9-10-8-11(18-3)5-6-12(10)17/h4-6,8,17H,1,7,9H2,2-3H3,(H2,14,15,16). The van der Waals surface area contributed by atoms with Gasteiger partial charge in [0.25, 0.3) is 0 Å². The number of nitrogens with zero attached hydrogens (tertiary/aromatic N) is 1. The monoisotopic (exact) mass is 249 g/mol. The molecule has 0 spiro atoms. The van der Waals surface area contributed by atoms with Crippen LogP contribution in [0.5, 0.6) is 11.5 Å². The maximum absolute atomic E-state index is 9.72. The third kappa shape index (κ3) is 4.01. The largest absolute Gasteiger partial charge is 0.508 e. The Balaban J connectivity index is 2.64. The van der Waals surface area contributed by atoms with Gasteiger partial charge in [-0.1, -0.05) is 6.08 Å². The minimum absolute atomic E-state index is 0.225. The SMILES string of the molecule is C=CCNC(=NC)NCc1cc(OC)ccc1O. The summed E-state index contributed by atoms with van der Waals surface area (Å²) in [7, 11) is 3.28. The van der Waals surface area contributed by atoms with E-state index in [1.54, 1.807) is 38.4 Å². The predicted molar refractivity (Wildman–Crippen MR) is 73.1 cm³/mol. The van der Waals surface area contributed by atoms with E-state index in [4.69, 9.17) is 4.74 Å². The lowest BCUT2D eigenvalue weighted by Gasteiger charge is -2.12. The molecule has 98 valence electrons. The summed E-state index contributed by atoms with van der Waals surface area (Å²) in [5, 5.41) is 15.9. The zero-order chi connectivity index (χ0) is 13.4. The molecule has 0 saturated carbocycles. The normalized spacial score (nSPS) is 10.9. The van der Waals surface area contributed by atoms with Gasteiger partial charge in [0.1, 0.15) is 11.5 Å². The van der Waals surface area contributed by atoms with Crippen LogP contribution in [0.1, 0.15) is 5.56 Å². The lowest BCUT2D eigenvalue weighted by Crippen LogP contribution is -2.36. The van der Waals surface area contributed by atoms with Crippen LogP contribution in [-0.4, -0.2) is 31.8 Å². The molecule has 0 atom stereocenters. The van der Waals surface area contributed by atoms with E-state index in [2.05, 4.69) is 22.2 Å². The molecule has 1 aromatic carbocycles. The maximum atomic E-state index is 9.72. The minimum Gasteiger partial charge on any atom is -0.508 e. The van der Waals surface area contributed by atoms with Gasteiger partial charge in [0.2, 0.25) is 0 Å². The van der Waals surface area contributed by atoms with Crippen molar-refractivity contribution < 1.29 is 9.84 Å². The van der Waals surface area contributed by atoms with Crippen molar-refractivity contribution >= 4 is 5.96 Å². The third-order valence-electron chi connectivity index (χ3n) is 2.37. The Bertz CT molecular complexity index is 430. The van der Waals surface area contributed by atoms with Gasteiger partial charge in [0.15, 0.2) is 5.96 Å². The Morgan fingerprint density at radius 2 is 2.28 bits per heavy atom. The van der Waals surface area contributed by atoms with E-state index in [1.165, 1.54) is 0 Å².